The van der Waals surface area contributed by atoms with Crippen LogP contribution in [0.5, 0.6) is 11.5 Å². The highest BCUT2D eigenvalue weighted by atomic mass is 16.6. The zero-order valence-electron chi connectivity index (χ0n) is 11.8. The summed E-state index contributed by atoms with van der Waals surface area (Å²) in [5.74, 6) is 1.34. The zero-order chi connectivity index (χ0) is 14.4. The number of unbranched alkanes of at least 4 members (excludes halogenated alkanes) is 1. The molecule has 20 heavy (non-hydrogen) atoms. The van der Waals surface area contributed by atoms with Gasteiger partial charge in [0.2, 0.25) is 5.91 Å². The van der Waals surface area contributed by atoms with Gasteiger partial charge in [-0.15, -0.1) is 0 Å². The van der Waals surface area contributed by atoms with E-state index in [4.69, 9.17) is 15.2 Å². The highest BCUT2D eigenvalue weighted by molar-refractivity contribution is 5.81. The lowest BCUT2D eigenvalue weighted by Crippen LogP contribution is -2.46. The second-order valence-corrected chi connectivity index (χ2v) is 4.99. The molecule has 5 nitrogen and oxygen atoms in total. The number of carbonyl (C=O) groups is 1. The minimum Gasteiger partial charge on any atom is -0.486 e. The Morgan fingerprint density at radius 2 is 2.20 bits per heavy atom. The van der Waals surface area contributed by atoms with Crippen molar-refractivity contribution in [1.82, 2.24) is 5.32 Å². The molecule has 1 amide bonds. The van der Waals surface area contributed by atoms with Crippen LogP contribution in [0.15, 0.2) is 24.3 Å². The Bertz CT molecular complexity index is 450. The number of hydrogen-bond acceptors (Lipinski definition) is 4. The number of ether oxygens (including phenoxy) is 2. The summed E-state index contributed by atoms with van der Waals surface area (Å²) in [5, 5.41) is 2.82. The van der Waals surface area contributed by atoms with E-state index in [-0.39, 0.29) is 12.0 Å². The molecule has 1 unspecified atom stereocenters. The van der Waals surface area contributed by atoms with E-state index in [2.05, 4.69) is 12.2 Å². The maximum absolute atomic E-state index is 11.8. The third kappa shape index (κ3) is 3.87. The molecular weight excluding hydrogens is 256 g/mol. The van der Waals surface area contributed by atoms with Gasteiger partial charge in [0, 0.05) is 0 Å². The SMILES string of the molecule is CCCC[C@H](N)C(=O)NCC1COc2ccccc2O1. The average Bonchev–Trinajstić information content (AvgIpc) is 2.50. The monoisotopic (exact) mass is 278 g/mol. The normalized spacial score (nSPS) is 18.4. The van der Waals surface area contributed by atoms with Crippen LogP contribution in [0.4, 0.5) is 0 Å². The van der Waals surface area contributed by atoms with Gasteiger partial charge in [0.15, 0.2) is 11.5 Å². The Morgan fingerprint density at radius 1 is 1.45 bits per heavy atom. The van der Waals surface area contributed by atoms with Crippen molar-refractivity contribution < 1.29 is 14.3 Å². The molecule has 0 fully saturated rings. The highest BCUT2D eigenvalue weighted by Gasteiger charge is 2.22. The summed E-state index contributed by atoms with van der Waals surface area (Å²) in [5.41, 5.74) is 5.81. The number of hydrogen-bond donors (Lipinski definition) is 2. The average molecular weight is 278 g/mol. The van der Waals surface area contributed by atoms with E-state index in [0.29, 0.717) is 25.3 Å². The van der Waals surface area contributed by atoms with Crippen molar-refractivity contribution in [2.45, 2.75) is 38.3 Å². The lowest BCUT2D eigenvalue weighted by Gasteiger charge is -2.26. The molecule has 0 saturated heterocycles. The maximum Gasteiger partial charge on any atom is 0.237 e. The number of rotatable bonds is 6. The molecule has 110 valence electrons. The highest BCUT2D eigenvalue weighted by Crippen LogP contribution is 2.30. The first kappa shape index (κ1) is 14.7. The van der Waals surface area contributed by atoms with Crippen LogP contribution in [-0.4, -0.2) is 31.2 Å². The molecule has 2 atom stereocenters. The molecule has 1 aromatic rings. The molecule has 5 heteroatoms. The van der Waals surface area contributed by atoms with Crippen molar-refractivity contribution in [2.24, 2.45) is 5.73 Å². The van der Waals surface area contributed by atoms with Crippen LogP contribution >= 0.6 is 0 Å². The summed E-state index contributed by atoms with van der Waals surface area (Å²) in [4.78, 5) is 11.8. The van der Waals surface area contributed by atoms with Crippen LogP contribution < -0.4 is 20.5 Å². The summed E-state index contributed by atoms with van der Waals surface area (Å²) in [6, 6.07) is 7.08. The second kappa shape index (κ2) is 7.14. The molecule has 0 saturated carbocycles. The number of nitrogens with one attached hydrogen (secondary N) is 1. The zero-order valence-corrected chi connectivity index (χ0v) is 11.8. The Labute approximate surface area is 119 Å². The fraction of sp³-hybridized carbons (Fsp3) is 0.533. The number of benzene rings is 1. The molecular formula is C15H22N2O3. The Balaban J connectivity index is 1.77. The van der Waals surface area contributed by atoms with E-state index >= 15 is 0 Å². The van der Waals surface area contributed by atoms with Gasteiger partial charge in [-0.05, 0) is 18.6 Å². The van der Waals surface area contributed by atoms with Gasteiger partial charge in [-0.25, -0.2) is 0 Å². The Hall–Kier alpha value is -1.75. The summed E-state index contributed by atoms with van der Waals surface area (Å²) in [7, 11) is 0. The second-order valence-electron chi connectivity index (χ2n) is 4.99. The van der Waals surface area contributed by atoms with Gasteiger partial charge in [0.05, 0.1) is 12.6 Å². The van der Waals surface area contributed by atoms with Gasteiger partial charge in [0.1, 0.15) is 12.7 Å². The lowest BCUT2D eigenvalue weighted by molar-refractivity contribution is -0.123. The predicted octanol–water partition coefficient (Wildman–Crippen LogP) is 1.46. The molecule has 1 heterocycles. The summed E-state index contributed by atoms with van der Waals surface area (Å²) in [6.07, 6.45) is 2.54. The van der Waals surface area contributed by atoms with E-state index in [9.17, 15) is 4.79 Å². The first-order valence-corrected chi connectivity index (χ1v) is 7.12. The minimum absolute atomic E-state index is 0.124. The third-order valence-electron chi connectivity index (χ3n) is 3.28. The molecule has 1 aliphatic rings. The molecule has 2 rings (SSSR count). The summed E-state index contributed by atoms with van der Waals surface area (Å²) < 4.78 is 11.3. The van der Waals surface area contributed by atoms with E-state index in [0.717, 1.165) is 18.6 Å². The Morgan fingerprint density at radius 3 is 2.95 bits per heavy atom. The van der Waals surface area contributed by atoms with Crippen LogP contribution in [0.25, 0.3) is 0 Å². The fourth-order valence-corrected chi connectivity index (χ4v) is 2.06. The smallest absolute Gasteiger partial charge is 0.237 e. The largest absolute Gasteiger partial charge is 0.486 e. The van der Waals surface area contributed by atoms with E-state index in [1.54, 1.807) is 0 Å². The number of fused-ring (bicyclic) bond motifs is 1. The van der Waals surface area contributed by atoms with Crippen LogP contribution in [0.1, 0.15) is 26.2 Å². The molecule has 1 aliphatic heterocycles. The van der Waals surface area contributed by atoms with Gasteiger partial charge in [0.25, 0.3) is 0 Å². The summed E-state index contributed by atoms with van der Waals surface area (Å²) >= 11 is 0. The van der Waals surface area contributed by atoms with Gasteiger partial charge >= 0.3 is 0 Å². The van der Waals surface area contributed by atoms with Crippen molar-refractivity contribution in [3.05, 3.63) is 24.3 Å². The number of carbonyl (C=O) groups excluding carboxylic acids is 1. The maximum atomic E-state index is 11.8. The molecule has 0 radical (unpaired) electrons. The fourth-order valence-electron chi connectivity index (χ4n) is 2.06. The van der Waals surface area contributed by atoms with E-state index < -0.39 is 6.04 Å². The molecule has 1 aromatic carbocycles. The summed E-state index contributed by atoms with van der Waals surface area (Å²) in [6.45, 7) is 2.92. The lowest BCUT2D eigenvalue weighted by atomic mass is 10.1. The topological polar surface area (TPSA) is 73.6 Å². The van der Waals surface area contributed by atoms with Crippen molar-refractivity contribution in [3.8, 4) is 11.5 Å². The Kier molecular flexibility index (Phi) is 5.24. The number of nitrogens with two attached hydrogens (primary N) is 1. The molecule has 0 bridgehead atoms. The van der Waals surface area contributed by atoms with E-state index in [1.807, 2.05) is 24.3 Å². The van der Waals surface area contributed by atoms with Crippen molar-refractivity contribution >= 4 is 5.91 Å². The third-order valence-corrected chi connectivity index (χ3v) is 3.28. The molecule has 3 N–H and O–H groups in total. The van der Waals surface area contributed by atoms with Crippen LogP contribution in [0.3, 0.4) is 0 Å². The molecule has 0 spiro atoms. The molecule has 0 aliphatic carbocycles. The first-order chi connectivity index (χ1) is 9.70. The van der Waals surface area contributed by atoms with Crippen molar-refractivity contribution in [2.75, 3.05) is 13.2 Å². The standard InChI is InChI=1S/C15H22N2O3/c1-2-3-6-12(16)15(18)17-9-11-10-19-13-7-4-5-8-14(13)20-11/h4-5,7-8,11-12H,2-3,6,9-10,16H2,1H3,(H,17,18)/t11?,12-/m0/s1. The van der Waals surface area contributed by atoms with Crippen molar-refractivity contribution in [1.29, 1.82) is 0 Å². The van der Waals surface area contributed by atoms with Gasteiger partial charge in [-0.3, -0.25) is 4.79 Å². The van der Waals surface area contributed by atoms with Gasteiger partial charge in [-0.1, -0.05) is 31.9 Å². The first-order valence-electron chi connectivity index (χ1n) is 7.12. The van der Waals surface area contributed by atoms with E-state index in [1.165, 1.54) is 0 Å². The van der Waals surface area contributed by atoms with Crippen LogP contribution in [-0.2, 0) is 4.79 Å². The van der Waals surface area contributed by atoms with Gasteiger partial charge in [-0.2, -0.15) is 0 Å². The number of amides is 1. The molecule has 0 aromatic heterocycles. The minimum atomic E-state index is -0.438. The van der Waals surface area contributed by atoms with Crippen LogP contribution in [0, 0.1) is 0 Å². The predicted molar refractivity (Wildman–Crippen MR) is 76.9 cm³/mol. The van der Waals surface area contributed by atoms with Crippen molar-refractivity contribution in [3.63, 3.8) is 0 Å². The van der Waals surface area contributed by atoms with Gasteiger partial charge < -0.3 is 20.5 Å². The van der Waals surface area contributed by atoms with Crippen LogP contribution in [0.2, 0.25) is 0 Å². The number of para-hydroxylation sites is 2. The quantitative estimate of drug-likeness (QED) is 0.826.